The maximum atomic E-state index is 12.3. The van der Waals surface area contributed by atoms with Crippen LogP contribution in [-0.2, 0) is 11.8 Å². The Bertz CT molecular complexity index is 1130. The molecule has 0 saturated heterocycles. The predicted molar refractivity (Wildman–Crippen MR) is 114 cm³/mol. The van der Waals surface area contributed by atoms with Crippen LogP contribution in [0.25, 0.3) is 17.1 Å². The molecule has 2 aromatic carbocycles. The summed E-state index contributed by atoms with van der Waals surface area (Å²) in [5, 5.41) is 4.41. The van der Waals surface area contributed by atoms with E-state index in [9.17, 15) is 4.79 Å². The number of fused-ring (bicyclic) bond motifs is 1. The summed E-state index contributed by atoms with van der Waals surface area (Å²) in [5.74, 6) is 0.638. The van der Waals surface area contributed by atoms with Crippen LogP contribution >= 0.6 is 35.0 Å². The molecule has 3 aromatic rings. The second-order valence-corrected chi connectivity index (χ2v) is 7.87. The van der Waals surface area contributed by atoms with Crippen LogP contribution < -0.4 is 5.32 Å². The van der Waals surface area contributed by atoms with Gasteiger partial charge in [0.15, 0.2) is 5.17 Å². The molecule has 0 atom stereocenters. The number of carbonyl (C=O) groups is 1. The quantitative estimate of drug-likeness (QED) is 0.577. The van der Waals surface area contributed by atoms with Gasteiger partial charge in [-0.15, -0.1) is 0 Å². The number of anilines is 1. The molecule has 4 rings (SSSR count). The van der Waals surface area contributed by atoms with Gasteiger partial charge in [0.05, 0.1) is 31.7 Å². The van der Waals surface area contributed by atoms with E-state index < -0.39 is 0 Å². The highest BCUT2D eigenvalue weighted by molar-refractivity contribution is 8.18. The van der Waals surface area contributed by atoms with Crippen LogP contribution in [0, 0.1) is 6.92 Å². The first-order chi connectivity index (χ1) is 12.9. The van der Waals surface area contributed by atoms with Crippen molar-refractivity contribution >= 4 is 68.8 Å². The van der Waals surface area contributed by atoms with Crippen LogP contribution in [0.2, 0.25) is 10.0 Å². The lowest BCUT2D eigenvalue weighted by Gasteiger charge is -2.08. The normalized spacial score (nSPS) is 15.6. The maximum absolute atomic E-state index is 12.3. The van der Waals surface area contributed by atoms with Gasteiger partial charge in [-0.1, -0.05) is 35.3 Å². The molecule has 0 fully saturated rings. The average molecular weight is 417 g/mol. The van der Waals surface area contributed by atoms with Gasteiger partial charge in [0, 0.05) is 7.05 Å². The first kappa shape index (κ1) is 18.1. The molecule has 0 bridgehead atoms. The Morgan fingerprint density at radius 2 is 1.93 bits per heavy atom. The highest BCUT2D eigenvalue weighted by atomic mass is 35.5. The van der Waals surface area contributed by atoms with Gasteiger partial charge in [-0.3, -0.25) is 4.79 Å². The number of rotatable bonds is 2. The van der Waals surface area contributed by atoms with Crippen LogP contribution in [0.4, 0.5) is 5.69 Å². The number of hydrogen-bond acceptors (Lipinski definition) is 4. The van der Waals surface area contributed by atoms with Crippen molar-refractivity contribution in [1.82, 2.24) is 9.55 Å². The fraction of sp³-hybridized carbons (Fsp3) is 0.105. The first-order valence-corrected chi connectivity index (χ1v) is 9.66. The molecule has 27 heavy (non-hydrogen) atoms. The molecular formula is C19H14Cl2N4OS. The molecule has 0 radical (unpaired) electrons. The summed E-state index contributed by atoms with van der Waals surface area (Å²) < 4.78 is 2.02. The highest BCUT2D eigenvalue weighted by Crippen LogP contribution is 2.34. The Hall–Kier alpha value is -2.28. The van der Waals surface area contributed by atoms with E-state index in [1.165, 1.54) is 11.8 Å². The zero-order chi connectivity index (χ0) is 19.1. The Morgan fingerprint density at radius 1 is 1.19 bits per heavy atom. The molecular weight excluding hydrogens is 403 g/mol. The topological polar surface area (TPSA) is 59.3 Å². The lowest BCUT2D eigenvalue weighted by atomic mass is 10.2. The molecule has 0 spiro atoms. The molecule has 5 nitrogen and oxygen atoms in total. The number of amidine groups is 1. The molecule has 8 heteroatoms. The van der Waals surface area contributed by atoms with Crippen molar-refractivity contribution in [3.63, 3.8) is 0 Å². The number of para-hydroxylation sites is 1. The minimum atomic E-state index is -0.299. The fourth-order valence-corrected chi connectivity index (χ4v) is 4.07. The van der Waals surface area contributed by atoms with E-state index in [2.05, 4.69) is 15.3 Å². The van der Waals surface area contributed by atoms with E-state index in [0.29, 0.717) is 25.8 Å². The summed E-state index contributed by atoms with van der Waals surface area (Å²) in [4.78, 5) is 21.4. The summed E-state index contributed by atoms with van der Waals surface area (Å²) in [6, 6.07) is 11.1. The van der Waals surface area contributed by atoms with Gasteiger partial charge < -0.3 is 9.88 Å². The van der Waals surface area contributed by atoms with Crippen LogP contribution in [-0.4, -0.2) is 20.6 Å². The molecule has 2 heterocycles. The average Bonchev–Trinajstić information content (AvgIpc) is 3.11. The van der Waals surface area contributed by atoms with Gasteiger partial charge in [-0.05, 0) is 54.6 Å². The summed E-state index contributed by atoms with van der Waals surface area (Å²) in [6.45, 7) is 1.96. The Labute approximate surface area is 170 Å². The number of nitrogens with one attached hydrogen (secondary N) is 1. The number of aryl methyl sites for hydroxylation is 2. The van der Waals surface area contributed by atoms with Gasteiger partial charge in [-0.2, -0.15) is 4.99 Å². The molecule has 1 amide bonds. The first-order valence-electron chi connectivity index (χ1n) is 8.09. The van der Waals surface area contributed by atoms with Gasteiger partial charge in [0.25, 0.3) is 5.91 Å². The van der Waals surface area contributed by atoms with Crippen molar-refractivity contribution in [3.8, 4) is 0 Å². The molecule has 1 N–H and O–H groups in total. The molecule has 0 unspecified atom stereocenters. The SMILES string of the molecule is Cc1nc2ccc(C=C3SC(Nc4c(Cl)cccc4Cl)=NC3=O)cc2n1C. The monoisotopic (exact) mass is 416 g/mol. The zero-order valence-electron chi connectivity index (χ0n) is 14.5. The highest BCUT2D eigenvalue weighted by Gasteiger charge is 2.23. The second-order valence-electron chi connectivity index (χ2n) is 6.02. The fourth-order valence-electron chi connectivity index (χ4n) is 2.76. The van der Waals surface area contributed by atoms with Crippen LogP contribution in [0.15, 0.2) is 46.3 Å². The van der Waals surface area contributed by atoms with Crippen LogP contribution in [0.5, 0.6) is 0 Å². The maximum Gasteiger partial charge on any atom is 0.286 e. The van der Waals surface area contributed by atoms with Gasteiger partial charge in [0.1, 0.15) is 5.82 Å². The van der Waals surface area contributed by atoms with Gasteiger partial charge >= 0.3 is 0 Å². The number of aliphatic imine (C=N–C) groups is 1. The number of imidazole rings is 1. The third-order valence-electron chi connectivity index (χ3n) is 4.24. The molecule has 1 aliphatic heterocycles. The second kappa shape index (κ2) is 7.03. The number of hydrogen-bond donors (Lipinski definition) is 1. The molecule has 0 saturated carbocycles. The van der Waals surface area contributed by atoms with E-state index in [1.807, 2.05) is 42.8 Å². The standard InChI is InChI=1S/C19H14Cl2N4OS/c1-10-22-14-7-6-11(8-15(14)25(10)2)9-16-18(26)24-19(27-16)23-17-12(20)4-3-5-13(17)21/h3-9H,1-2H3,(H,23,24,26). The van der Waals surface area contributed by atoms with E-state index in [0.717, 1.165) is 22.4 Å². The largest absolute Gasteiger partial charge is 0.332 e. The lowest BCUT2D eigenvalue weighted by molar-refractivity contribution is -0.113. The number of carbonyl (C=O) groups excluding carboxylic acids is 1. The molecule has 0 aliphatic carbocycles. The number of nitrogens with zero attached hydrogens (tertiary/aromatic N) is 3. The zero-order valence-corrected chi connectivity index (χ0v) is 16.8. The van der Waals surface area contributed by atoms with E-state index in [4.69, 9.17) is 23.2 Å². The van der Waals surface area contributed by atoms with E-state index in [1.54, 1.807) is 18.2 Å². The number of halogens is 2. The van der Waals surface area contributed by atoms with E-state index >= 15 is 0 Å². The minimum absolute atomic E-state index is 0.299. The summed E-state index contributed by atoms with van der Waals surface area (Å²) in [7, 11) is 1.97. The van der Waals surface area contributed by atoms with Crippen LogP contribution in [0.1, 0.15) is 11.4 Å². The van der Waals surface area contributed by atoms with Crippen molar-refractivity contribution in [2.45, 2.75) is 6.92 Å². The molecule has 1 aliphatic rings. The van der Waals surface area contributed by atoms with Gasteiger partial charge in [0.2, 0.25) is 0 Å². The number of aromatic nitrogens is 2. The van der Waals surface area contributed by atoms with Crippen molar-refractivity contribution < 1.29 is 4.79 Å². The smallest absolute Gasteiger partial charge is 0.286 e. The third kappa shape index (κ3) is 3.48. The van der Waals surface area contributed by atoms with Gasteiger partial charge in [-0.25, -0.2) is 4.98 Å². The van der Waals surface area contributed by atoms with Crippen LogP contribution in [0.3, 0.4) is 0 Å². The van der Waals surface area contributed by atoms with Crippen molar-refractivity contribution in [3.05, 3.63) is 62.7 Å². The van der Waals surface area contributed by atoms with Crippen molar-refractivity contribution in [2.24, 2.45) is 12.0 Å². The van der Waals surface area contributed by atoms with E-state index in [-0.39, 0.29) is 5.91 Å². The molecule has 136 valence electrons. The van der Waals surface area contributed by atoms with Crippen molar-refractivity contribution in [2.75, 3.05) is 5.32 Å². The Morgan fingerprint density at radius 3 is 2.67 bits per heavy atom. The summed E-state index contributed by atoms with van der Waals surface area (Å²) in [6.07, 6.45) is 1.82. The Kier molecular flexibility index (Phi) is 4.72. The molecule has 1 aromatic heterocycles. The third-order valence-corrected chi connectivity index (χ3v) is 5.77. The number of benzene rings is 2. The van der Waals surface area contributed by atoms with Crippen molar-refractivity contribution in [1.29, 1.82) is 0 Å². The predicted octanol–water partition coefficient (Wildman–Crippen LogP) is 5.27. The Balaban J connectivity index is 1.59. The summed E-state index contributed by atoms with van der Waals surface area (Å²) in [5.41, 5.74) is 3.38. The lowest BCUT2D eigenvalue weighted by Crippen LogP contribution is -2.05. The minimum Gasteiger partial charge on any atom is -0.332 e. The number of thioether (sulfide) groups is 1. The number of amides is 1. The summed E-state index contributed by atoms with van der Waals surface area (Å²) >= 11 is 13.6.